The number of benzene rings is 6. The molecule has 0 radical (unpaired) electrons. The van der Waals surface area contributed by atoms with Crippen LogP contribution in [0.3, 0.4) is 0 Å². The van der Waals surface area contributed by atoms with Crippen molar-refractivity contribution in [2.24, 2.45) is 11.8 Å². The Morgan fingerprint density at radius 2 is 1.15 bits per heavy atom. The lowest BCUT2D eigenvalue weighted by Crippen LogP contribution is -2.19. The molecule has 2 saturated carbocycles. The number of hydrogen-bond acceptors (Lipinski definition) is 1. The van der Waals surface area contributed by atoms with Crippen molar-refractivity contribution in [3.63, 3.8) is 0 Å². The summed E-state index contributed by atoms with van der Waals surface area (Å²) in [5.41, 5.74) is 17.6. The van der Waals surface area contributed by atoms with E-state index in [1.165, 1.54) is 87.3 Å². The number of fused-ring (bicyclic) bond motifs is 10. The van der Waals surface area contributed by atoms with Gasteiger partial charge >= 0.3 is 0 Å². The predicted molar refractivity (Wildman–Crippen MR) is 200 cm³/mol. The van der Waals surface area contributed by atoms with Crippen LogP contribution in [0, 0.1) is 11.8 Å². The maximum Gasteiger partial charge on any atom is 0.0467 e. The van der Waals surface area contributed by atoms with Crippen LogP contribution in [0.2, 0.25) is 0 Å². The summed E-state index contributed by atoms with van der Waals surface area (Å²) in [6, 6.07) is 52.8. The van der Waals surface area contributed by atoms with Gasteiger partial charge in [0.25, 0.3) is 0 Å². The minimum Gasteiger partial charge on any atom is -0.310 e. The van der Waals surface area contributed by atoms with Crippen LogP contribution in [0.15, 0.2) is 140 Å². The molecule has 0 spiro atoms. The highest BCUT2D eigenvalue weighted by molar-refractivity contribution is 5.87. The highest BCUT2D eigenvalue weighted by Gasteiger charge is 2.44. The minimum atomic E-state index is -0.0614. The van der Waals surface area contributed by atoms with Gasteiger partial charge in [0.2, 0.25) is 0 Å². The molecule has 6 aromatic carbocycles. The van der Waals surface area contributed by atoms with Gasteiger partial charge in [0.05, 0.1) is 0 Å². The Bertz CT molecular complexity index is 2190. The summed E-state index contributed by atoms with van der Waals surface area (Å²) in [5, 5.41) is 0. The van der Waals surface area contributed by atoms with Crippen LogP contribution in [0.5, 0.6) is 0 Å². The molecule has 1 heteroatoms. The molecule has 234 valence electrons. The van der Waals surface area contributed by atoms with E-state index in [9.17, 15) is 0 Å². The maximum absolute atomic E-state index is 2.53. The number of hydrogen-bond donors (Lipinski definition) is 0. The summed E-state index contributed by atoms with van der Waals surface area (Å²) < 4.78 is 0. The van der Waals surface area contributed by atoms with E-state index in [4.69, 9.17) is 0 Å². The van der Waals surface area contributed by atoms with E-state index in [0.717, 1.165) is 11.8 Å². The molecule has 0 aromatic heterocycles. The molecule has 1 nitrogen and oxygen atoms in total. The van der Waals surface area contributed by atoms with Crippen LogP contribution in [0.1, 0.15) is 73.6 Å². The Morgan fingerprint density at radius 3 is 2.00 bits per heavy atom. The van der Waals surface area contributed by atoms with E-state index in [1.54, 1.807) is 11.1 Å². The van der Waals surface area contributed by atoms with Crippen LogP contribution < -0.4 is 4.90 Å². The van der Waals surface area contributed by atoms with Crippen molar-refractivity contribution < 1.29 is 0 Å². The first-order chi connectivity index (χ1) is 23.5. The monoisotopic (exact) mass is 619 g/mol. The molecular weight excluding hydrogens is 579 g/mol. The zero-order valence-electron chi connectivity index (χ0n) is 27.9. The Morgan fingerprint density at radius 1 is 0.479 bits per heavy atom. The van der Waals surface area contributed by atoms with Crippen molar-refractivity contribution in [1.82, 2.24) is 0 Å². The number of rotatable bonds is 4. The highest BCUT2D eigenvalue weighted by atomic mass is 15.1. The average molecular weight is 620 g/mol. The fourth-order valence-corrected chi connectivity index (χ4v) is 10.2. The van der Waals surface area contributed by atoms with Crippen molar-refractivity contribution in [3.05, 3.63) is 162 Å². The van der Waals surface area contributed by atoms with Crippen molar-refractivity contribution in [2.75, 3.05) is 4.90 Å². The first-order valence-electron chi connectivity index (χ1n) is 18.0. The third-order valence-electron chi connectivity index (χ3n) is 12.4. The van der Waals surface area contributed by atoms with Crippen molar-refractivity contribution in [2.45, 2.75) is 56.8 Å². The largest absolute Gasteiger partial charge is 0.310 e. The van der Waals surface area contributed by atoms with Crippen LogP contribution >= 0.6 is 0 Å². The van der Waals surface area contributed by atoms with E-state index < -0.39 is 0 Å². The van der Waals surface area contributed by atoms with Gasteiger partial charge in [-0.05, 0) is 141 Å². The fraction of sp³-hybridized carbons (Fsp3) is 0.234. The topological polar surface area (TPSA) is 3.24 Å². The first kappa shape index (κ1) is 28.2. The zero-order valence-corrected chi connectivity index (χ0v) is 27.9. The van der Waals surface area contributed by atoms with E-state index >= 15 is 0 Å². The molecular formula is C47H41N. The van der Waals surface area contributed by atoms with E-state index in [1.807, 2.05) is 0 Å². The maximum atomic E-state index is 2.53. The van der Waals surface area contributed by atoms with E-state index in [2.05, 4.69) is 158 Å². The molecule has 3 bridgehead atoms. The molecule has 0 aliphatic heterocycles. The second-order valence-corrected chi connectivity index (χ2v) is 15.4. The SMILES string of the molecule is CC1(C)c2ccccc2-c2ccc(N(c3ccc(-c4ccccc4)cc3)c3ccc4c(c3)-c3ccccc3C3CC5CC4CC3C5)cc21. The van der Waals surface area contributed by atoms with Gasteiger partial charge in [-0.15, -0.1) is 0 Å². The van der Waals surface area contributed by atoms with Crippen LogP contribution in [0.4, 0.5) is 17.1 Å². The van der Waals surface area contributed by atoms with E-state index in [-0.39, 0.29) is 5.41 Å². The predicted octanol–water partition coefficient (Wildman–Crippen LogP) is 12.8. The van der Waals surface area contributed by atoms with Gasteiger partial charge in [-0.25, -0.2) is 0 Å². The molecule has 0 heterocycles. The molecule has 4 unspecified atom stereocenters. The van der Waals surface area contributed by atoms with Crippen LogP contribution in [-0.4, -0.2) is 0 Å². The minimum absolute atomic E-state index is 0.0614. The summed E-state index contributed by atoms with van der Waals surface area (Å²) in [4.78, 5) is 2.50. The summed E-state index contributed by atoms with van der Waals surface area (Å²) >= 11 is 0. The van der Waals surface area contributed by atoms with Gasteiger partial charge in [0.1, 0.15) is 0 Å². The van der Waals surface area contributed by atoms with Gasteiger partial charge < -0.3 is 4.90 Å². The third kappa shape index (κ3) is 4.23. The van der Waals surface area contributed by atoms with Crippen molar-refractivity contribution in [1.29, 1.82) is 0 Å². The van der Waals surface area contributed by atoms with Crippen LogP contribution in [-0.2, 0) is 5.41 Å². The summed E-state index contributed by atoms with van der Waals surface area (Å²) in [6.45, 7) is 4.76. The molecule has 4 atom stereocenters. The second kappa shape index (κ2) is 10.6. The van der Waals surface area contributed by atoms with Gasteiger partial charge in [-0.1, -0.05) is 117 Å². The lowest BCUT2D eigenvalue weighted by atomic mass is 9.71. The van der Waals surface area contributed by atoms with E-state index in [0.29, 0.717) is 11.8 Å². The fourth-order valence-electron chi connectivity index (χ4n) is 10.2. The molecule has 48 heavy (non-hydrogen) atoms. The molecule has 2 fully saturated rings. The lowest BCUT2D eigenvalue weighted by Gasteiger charge is -2.35. The summed E-state index contributed by atoms with van der Waals surface area (Å²) in [5.74, 6) is 3.07. The number of nitrogens with zero attached hydrogens (tertiary/aromatic N) is 1. The Labute approximate surface area is 284 Å². The molecule has 6 aromatic rings. The Balaban J connectivity index is 1.15. The molecule has 0 N–H and O–H groups in total. The Hall–Kier alpha value is -4.88. The molecule has 10 rings (SSSR count). The van der Waals surface area contributed by atoms with Gasteiger partial charge in [0, 0.05) is 22.5 Å². The molecule has 0 saturated heterocycles. The standard InChI is InChI=1S/C47H41N/c1-47(2)45-15-9-8-14-41(45)42-23-21-37(29-46(42)47)48(35-18-16-32(17-19-35)31-10-4-3-5-11-31)36-20-22-38-33-24-30-25-34(27-33)43(26-30)39-12-6-7-13-40(39)44(38)28-36/h3-23,28-30,33-34,43H,24-27H2,1-2H3. The average Bonchev–Trinajstić information content (AvgIpc) is 3.57. The quantitative estimate of drug-likeness (QED) is 0.190. The van der Waals surface area contributed by atoms with Gasteiger partial charge in [-0.3, -0.25) is 0 Å². The molecule has 4 aliphatic carbocycles. The summed E-state index contributed by atoms with van der Waals surface area (Å²) in [7, 11) is 0. The molecule has 0 amide bonds. The van der Waals surface area contributed by atoms with Crippen LogP contribution in [0.25, 0.3) is 33.4 Å². The Kier molecular flexibility index (Phi) is 6.20. The lowest BCUT2D eigenvalue weighted by molar-refractivity contribution is 0.311. The normalized spacial score (nSPS) is 22.2. The highest BCUT2D eigenvalue weighted by Crippen LogP contribution is 2.59. The van der Waals surface area contributed by atoms with Gasteiger partial charge in [-0.2, -0.15) is 0 Å². The smallest absolute Gasteiger partial charge is 0.0467 e. The van der Waals surface area contributed by atoms with Gasteiger partial charge in [0.15, 0.2) is 0 Å². The third-order valence-corrected chi connectivity index (χ3v) is 12.4. The second-order valence-electron chi connectivity index (χ2n) is 15.4. The number of anilines is 3. The molecule has 4 aliphatic rings. The zero-order chi connectivity index (χ0) is 32.0. The first-order valence-corrected chi connectivity index (χ1v) is 18.0. The van der Waals surface area contributed by atoms with Crippen molar-refractivity contribution >= 4 is 17.1 Å². The van der Waals surface area contributed by atoms with Crippen molar-refractivity contribution in [3.8, 4) is 33.4 Å². The summed E-state index contributed by atoms with van der Waals surface area (Å²) in [6.07, 6.45) is 5.48.